The van der Waals surface area contributed by atoms with Crippen LogP contribution in [0.15, 0.2) is 41.2 Å². The van der Waals surface area contributed by atoms with E-state index in [0.29, 0.717) is 0 Å². The Kier molecular flexibility index (Phi) is 3.37. The van der Waals surface area contributed by atoms with Gasteiger partial charge in [-0.2, -0.15) is 0 Å². The van der Waals surface area contributed by atoms with Gasteiger partial charge in [-0.15, -0.1) is 0 Å². The van der Waals surface area contributed by atoms with E-state index in [9.17, 15) is 9.59 Å². The first-order valence-electron chi connectivity index (χ1n) is 7.13. The molecule has 0 saturated heterocycles. The number of hydrogen-bond acceptors (Lipinski definition) is 2. The fourth-order valence-electron chi connectivity index (χ4n) is 3.01. The Morgan fingerprint density at radius 1 is 1.24 bits per heavy atom. The first kappa shape index (κ1) is 13.6. The molecule has 1 aliphatic carbocycles. The van der Waals surface area contributed by atoms with E-state index in [1.54, 1.807) is 31.0 Å². The summed E-state index contributed by atoms with van der Waals surface area (Å²) >= 11 is 0. The van der Waals surface area contributed by atoms with Crippen LogP contribution in [-0.4, -0.2) is 22.8 Å². The highest BCUT2D eigenvalue weighted by Crippen LogP contribution is 2.35. The van der Waals surface area contributed by atoms with Crippen molar-refractivity contribution in [2.24, 2.45) is 0 Å². The quantitative estimate of drug-likeness (QED) is 0.919. The van der Waals surface area contributed by atoms with Crippen molar-refractivity contribution in [1.29, 1.82) is 0 Å². The zero-order valence-electron chi connectivity index (χ0n) is 12.2. The molecule has 0 bridgehead atoms. The second-order valence-electron chi connectivity index (χ2n) is 5.55. The van der Waals surface area contributed by atoms with Crippen LogP contribution in [0.2, 0.25) is 0 Å². The number of nitrogens with zero attached hydrogens (tertiary/aromatic N) is 1. The number of hydrogen-bond donors (Lipinski definition) is 1. The van der Waals surface area contributed by atoms with Crippen molar-refractivity contribution in [3.05, 3.63) is 69.1 Å². The van der Waals surface area contributed by atoms with Gasteiger partial charge in [-0.05, 0) is 43.0 Å². The Hall–Kier alpha value is -2.36. The number of aryl methyl sites for hydroxylation is 2. The average Bonchev–Trinajstić information content (AvgIpc) is 2.90. The second-order valence-corrected chi connectivity index (χ2v) is 5.55. The topological polar surface area (TPSA) is 53.2 Å². The molecule has 4 nitrogen and oxygen atoms in total. The lowest BCUT2D eigenvalue weighted by molar-refractivity contribution is 0.0728. The highest BCUT2D eigenvalue weighted by atomic mass is 16.2. The van der Waals surface area contributed by atoms with Gasteiger partial charge in [0.2, 0.25) is 0 Å². The fourth-order valence-corrected chi connectivity index (χ4v) is 3.01. The number of carbonyl (C=O) groups is 1. The molecule has 1 atom stereocenters. The van der Waals surface area contributed by atoms with E-state index in [2.05, 4.69) is 17.1 Å². The fraction of sp³-hybridized carbons (Fsp3) is 0.294. The average molecular weight is 282 g/mol. The van der Waals surface area contributed by atoms with Crippen LogP contribution >= 0.6 is 0 Å². The molecule has 0 radical (unpaired) electrons. The summed E-state index contributed by atoms with van der Waals surface area (Å²) in [7, 11) is 1.77. The number of aromatic nitrogens is 1. The summed E-state index contributed by atoms with van der Waals surface area (Å²) in [5.74, 6) is -0.224. The van der Waals surface area contributed by atoms with Crippen LogP contribution in [0, 0.1) is 6.92 Å². The third-order valence-electron chi connectivity index (χ3n) is 4.17. The lowest BCUT2D eigenvalue weighted by Crippen LogP contribution is -2.34. The number of carbonyl (C=O) groups excluding carboxylic acids is 1. The van der Waals surface area contributed by atoms with Crippen molar-refractivity contribution < 1.29 is 4.79 Å². The van der Waals surface area contributed by atoms with Gasteiger partial charge in [0.1, 0.15) is 5.56 Å². The minimum Gasteiger partial charge on any atom is -0.334 e. The molecular weight excluding hydrogens is 264 g/mol. The second kappa shape index (κ2) is 5.20. The molecule has 2 aromatic rings. The minimum atomic E-state index is -0.321. The Bertz CT molecular complexity index is 748. The van der Waals surface area contributed by atoms with Gasteiger partial charge in [0.25, 0.3) is 11.5 Å². The van der Waals surface area contributed by atoms with Crippen molar-refractivity contribution in [1.82, 2.24) is 9.88 Å². The summed E-state index contributed by atoms with van der Waals surface area (Å²) in [6.07, 6.45) is 1.88. The largest absolute Gasteiger partial charge is 0.334 e. The standard InChI is InChI=1S/C17H18N2O2/c1-11-7-9-14(16(20)18-11)17(21)19(2)15-10-8-12-5-3-4-6-13(12)15/h3-7,9,15H,8,10H2,1-2H3,(H,18,20)/t15-/m0/s1. The number of pyridine rings is 1. The summed E-state index contributed by atoms with van der Waals surface area (Å²) in [5, 5.41) is 0. The summed E-state index contributed by atoms with van der Waals surface area (Å²) in [6, 6.07) is 11.6. The van der Waals surface area contributed by atoms with E-state index in [1.165, 1.54) is 11.1 Å². The predicted molar refractivity (Wildman–Crippen MR) is 81.4 cm³/mol. The zero-order valence-corrected chi connectivity index (χ0v) is 12.2. The molecule has 1 aromatic heterocycles. The van der Waals surface area contributed by atoms with Crippen molar-refractivity contribution >= 4 is 5.91 Å². The molecule has 1 heterocycles. The molecule has 0 spiro atoms. The van der Waals surface area contributed by atoms with Gasteiger partial charge in [-0.1, -0.05) is 24.3 Å². The number of benzene rings is 1. The van der Waals surface area contributed by atoms with Crippen molar-refractivity contribution in [2.75, 3.05) is 7.05 Å². The lowest BCUT2D eigenvalue weighted by atomic mass is 10.1. The van der Waals surface area contributed by atoms with Gasteiger partial charge in [-0.25, -0.2) is 0 Å². The molecule has 4 heteroatoms. The van der Waals surface area contributed by atoms with E-state index in [-0.39, 0.29) is 23.1 Å². The monoisotopic (exact) mass is 282 g/mol. The van der Waals surface area contributed by atoms with Gasteiger partial charge in [0.15, 0.2) is 0 Å². The van der Waals surface area contributed by atoms with Crippen LogP contribution in [-0.2, 0) is 6.42 Å². The van der Waals surface area contributed by atoms with E-state index >= 15 is 0 Å². The summed E-state index contributed by atoms with van der Waals surface area (Å²) in [6.45, 7) is 1.80. The Morgan fingerprint density at radius 2 is 2.00 bits per heavy atom. The third-order valence-corrected chi connectivity index (χ3v) is 4.17. The minimum absolute atomic E-state index is 0.0504. The Balaban J connectivity index is 1.91. The highest BCUT2D eigenvalue weighted by molar-refractivity contribution is 5.94. The number of fused-ring (bicyclic) bond motifs is 1. The maximum atomic E-state index is 12.6. The number of rotatable bonds is 2. The lowest BCUT2D eigenvalue weighted by Gasteiger charge is -2.25. The number of aromatic amines is 1. The van der Waals surface area contributed by atoms with Crippen LogP contribution in [0.3, 0.4) is 0 Å². The van der Waals surface area contributed by atoms with E-state index in [1.807, 2.05) is 12.1 Å². The Morgan fingerprint density at radius 3 is 2.76 bits per heavy atom. The van der Waals surface area contributed by atoms with Gasteiger partial charge in [0, 0.05) is 12.7 Å². The first-order chi connectivity index (χ1) is 10.1. The maximum Gasteiger partial charge on any atom is 0.260 e. The van der Waals surface area contributed by atoms with Crippen molar-refractivity contribution in [3.8, 4) is 0 Å². The molecule has 0 unspecified atom stereocenters. The highest BCUT2D eigenvalue weighted by Gasteiger charge is 2.29. The van der Waals surface area contributed by atoms with Crippen molar-refractivity contribution in [3.63, 3.8) is 0 Å². The number of H-pyrrole nitrogens is 1. The molecular formula is C17H18N2O2. The zero-order chi connectivity index (χ0) is 15.0. The number of amides is 1. The van der Waals surface area contributed by atoms with Gasteiger partial charge >= 0.3 is 0 Å². The molecule has 1 aromatic carbocycles. The Labute approximate surface area is 123 Å². The van der Waals surface area contributed by atoms with Gasteiger partial charge in [-0.3, -0.25) is 9.59 Å². The van der Waals surface area contributed by atoms with Crippen LogP contribution < -0.4 is 5.56 Å². The smallest absolute Gasteiger partial charge is 0.260 e. The molecule has 0 fully saturated rings. The first-order valence-corrected chi connectivity index (χ1v) is 7.13. The molecule has 1 aliphatic rings. The normalized spacial score (nSPS) is 16.6. The molecule has 1 amide bonds. The molecule has 21 heavy (non-hydrogen) atoms. The molecule has 0 aliphatic heterocycles. The van der Waals surface area contributed by atoms with Gasteiger partial charge < -0.3 is 9.88 Å². The molecule has 1 N–H and O–H groups in total. The molecule has 3 rings (SSSR count). The van der Waals surface area contributed by atoms with Crippen LogP contribution in [0.25, 0.3) is 0 Å². The van der Waals surface area contributed by atoms with Crippen LogP contribution in [0.4, 0.5) is 0 Å². The summed E-state index contributed by atoms with van der Waals surface area (Å²) < 4.78 is 0. The van der Waals surface area contributed by atoms with E-state index in [4.69, 9.17) is 0 Å². The maximum absolute atomic E-state index is 12.6. The summed E-state index contributed by atoms with van der Waals surface area (Å²) in [5.41, 5.74) is 3.12. The molecule has 108 valence electrons. The summed E-state index contributed by atoms with van der Waals surface area (Å²) in [4.78, 5) is 28.9. The van der Waals surface area contributed by atoms with Crippen molar-refractivity contribution in [2.45, 2.75) is 25.8 Å². The van der Waals surface area contributed by atoms with Crippen LogP contribution in [0.5, 0.6) is 0 Å². The molecule has 0 saturated carbocycles. The van der Waals surface area contributed by atoms with E-state index < -0.39 is 0 Å². The SMILES string of the molecule is Cc1ccc(C(=O)N(C)[C@H]2CCc3ccccc32)c(=O)[nH]1. The van der Waals surface area contributed by atoms with Crippen LogP contribution in [0.1, 0.15) is 39.6 Å². The van der Waals surface area contributed by atoms with E-state index in [0.717, 1.165) is 18.5 Å². The van der Waals surface area contributed by atoms with Gasteiger partial charge in [0.05, 0.1) is 6.04 Å². The number of nitrogens with one attached hydrogen (secondary N) is 1. The third kappa shape index (κ3) is 2.37. The predicted octanol–water partition coefficient (Wildman–Crippen LogP) is 2.44.